The number of carbonyl (C=O) groups excluding carboxylic acids is 2. The first-order valence-electron chi connectivity index (χ1n) is 8.38. The Morgan fingerprint density at radius 3 is 2.60 bits per heavy atom. The number of carbonyl (C=O) groups is 2. The van der Waals surface area contributed by atoms with Gasteiger partial charge in [-0.25, -0.2) is 0 Å². The van der Waals surface area contributed by atoms with Gasteiger partial charge in [0.2, 0.25) is 0 Å². The molecule has 132 valence electrons. The van der Waals surface area contributed by atoms with Gasteiger partial charge in [-0.05, 0) is 38.0 Å². The number of hydrogen-bond acceptors (Lipinski definition) is 3. The fourth-order valence-electron chi connectivity index (χ4n) is 3.61. The van der Waals surface area contributed by atoms with Crippen LogP contribution < -0.4 is 5.32 Å². The molecule has 1 amide bonds. The van der Waals surface area contributed by atoms with Gasteiger partial charge in [-0.3, -0.25) is 9.59 Å². The number of ketones is 1. The molecule has 25 heavy (non-hydrogen) atoms. The van der Waals surface area contributed by atoms with E-state index in [0.29, 0.717) is 34.9 Å². The molecular weight excluding hydrogens is 338 g/mol. The highest BCUT2D eigenvalue weighted by Crippen LogP contribution is 2.30. The predicted octanol–water partition coefficient (Wildman–Crippen LogP) is 3.27. The van der Waals surface area contributed by atoms with Crippen LogP contribution in [0.4, 0.5) is 0 Å². The van der Waals surface area contributed by atoms with Crippen LogP contribution in [-0.2, 0) is 0 Å². The molecule has 0 bridgehead atoms. The summed E-state index contributed by atoms with van der Waals surface area (Å²) in [5.41, 5.74) is 3.47. The normalized spacial score (nSPS) is 17.6. The van der Waals surface area contributed by atoms with Crippen LogP contribution in [0.2, 0.25) is 5.02 Å². The number of benzene rings is 1. The van der Waals surface area contributed by atoms with Gasteiger partial charge in [-0.2, -0.15) is 0 Å². The molecule has 0 radical (unpaired) electrons. The average Bonchev–Trinajstić information content (AvgIpc) is 2.89. The third-order valence-corrected chi connectivity index (χ3v) is 5.12. The van der Waals surface area contributed by atoms with Crippen LogP contribution in [0.3, 0.4) is 0 Å². The lowest BCUT2D eigenvalue weighted by atomic mass is 10.0. The lowest BCUT2D eigenvalue weighted by Gasteiger charge is -2.37. The van der Waals surface area contributed by atoms with Crippen molar-refractivity contribution in [2.45, 2.75) is 26.8 Å². The van der Waals surface area contributed by atoms with E-state index in [2.05, 4.69) is 10.3 Å². The monoisotopic (exact) mass is 359 g/mol. The van der Waals surface area contributed by atoms with Crippen molar-refractivity contribution < 1.29 is 9.59 Å². The van der Waals surface area contributed by atoms with Gasteiger partial charge >= 0.3 is 0 Å². The number of rotatable bonds is 3. The summed E-state index contributed by atoms with van der Waals surface area (Å²) in [6.07, 6.45) is 0. The SMILES string of the molecule is CC(=O)c1c(C)[nH]c(C(=O)N2CCNCC2c2ccccc2Cl)c1C. The highest BCUT2D eigenvalue weighted by Gasteiger charge is 2.32. The van der Waals surface area contributed by atoms with Crippen molar-refractivity contribution in [3.05, 3.63) is 57.4 Å². The van der Waals surface area contributed by atoms with Crippen molar-refractivity contribution in [2.24, 2.45) is 0 Å². The van der Waals surface area contributed by atoms with Gasteiger partial charge in [-0.15, -0.1) is 0 Å². The number of amides is 1. The molecule has 1 unspecified atom stereocenters. The maximum atomic E-state index is 13.2. The van der Waals surface area contributed by atoms with Gasteiger partial charge in [0.15, 0.2) is 5.78 Å². The summed E-state index contributed by atoms with van der Waals surface area (Å²) in [7, 11) is 0. The number of nitrogens with zero attached hydrogens (tertiary/aromatic N) is 1. The number of aryl methyl sites for hydroxylation is 1. The Morgan fingerprint density at radius 1 is 1.24 bits per heavy atom. The van der Waals surface area contributed by atoms with Crippen molar-refractivity contribution in [1.82, 2.24) is 15.2 Å². The van der Waals surface area contributed by atoms with Gasteiger partial charge in [0.25, 0.3) is 5.91 Å². The number of nitrogens with one attached hydrogen (secondary N) is 2. The van der Waals surface area contributed by atoms with Crippen molar-refractivity contribution in [3.8, 4) is 0 Å². The van der Waals surface area contributed by atoms with Crippen molar-refractivity contribution >= 4 is 23.3 Å². The highest BCUT2D eigenvalue weighted by atomic mass is 35.5. The Balaban J connectivity index is 1.99. The third-order valence-electron chi connectivity index (χ3n) is 4.77. The van der Waals surface area contributed by atoms with E-state index >= 15 is 0 Å². The summed E-state index contributed by atoms with van der Waals surface area (Å²) in [5, 5.41) is 3.98. The molecule has 0 aliphatic carbocycles. The first-order valence-corrected chi connectivity index (χ1v) is 8.75. The average molecular weight is 360 g/mol. The number of Topliss-reactive ketones (excluding diaryl/α,β-unsaturated/α-hetero) is 1. The molecular formula is C19H22ClN3O2. The molecule has 2 N–H and O–H groups in total. The van der Waals surface area contributed by atoms with Crippen LogP contribution in [0.15, 0.2) is 24.3 Å². The molecule has 1 atom stereocenters. The summed E-state index contributed by atoms with van der Waals surface area (Å²) in [6.45, 7) is 7.12. The standard InChI is InChI=1S/C19H22ClN3O2/c1-11-17(13(3)24)12(2)22-18(11)19(25)23-9-8-21-10-16(23)14-6-4-5-7-15(14)20/h4-7,16,21-22H,8-10H2,1-3H3. The minimum atomic E-state index is -0.140. The van der Waals surface area contributed by atoms with Crippen molar-refractivity contribution in [3.63, 3.8) is 0 Å². The summed E-state index contributed by atoms with van der Waals surface area (Å²) in [5.74, 6) is -0.132. The van der Waals surface area contributed by atoms with E-state index < -0.39 is 0 Å². The van der Waals surface area contributed by atoms with E-state index in [-0.39, 0.29) is 17.7 Å². The quantitative estimate of drug-likeness (QED) is 0.826. The first kappa shape index (κ1) is 17.7. The second kappa shape index (κ2) is 7.02. The van der Waals surface area contributed by atoms with Crippen LogP contribution in [0.1, 0.15) is 50.6 Å². The van der Waals surface area contributed by atoms with Gasteiger partial charge in [0.1, 0.15) is 5.69 Å². The van der Waals surface area contributed by atoms with Crippen LogP contribution in [0.25, 0.3) is 0 Å². The Hall–Kier alpha value is -2.11. The zero-order valence-corrected chi connectivity index (χ0v) is 15.4. The third kappa shape index (κ3) is 3.22. The highest BCUT2D eigenvalue weighted by molar-refractivity contribution is 6.31. The Morgan fingerprint density at radius 2 is 1.96 bits per heavy atom. The van der Waals surface area contributed by atoms with Crippen molar-refractivity contribution in [2.75, 3.05) is 19.6 Å². The van der Waals surface area contributed by atoms with E-state index in [0.717, 1.165) is 17.8 Å². The number of aromatic amines is 1. The smallest absolute Gasteiger partial charge is 0.271 e. The van der Waals surface area contributed by atoms with Crippen LogP contribution in [0, 0.1) is 13.8 Å². The second-order valence-electron chi connectivity index (χ2n) is 6.42. The van der Waals surface area contributed by atoms with E-state index in [1.165, 1.54) is 6.92 Å². The minimum absolute atomic E-state index is 0.0340. The van der Waals surface area contributed by atoms with Crippen LogP contribution >= 0.6 is 11.6 Å². The second-order valence-corrected chi connectivity index (χ2v) is 6.83. The zero-order chi connectivity index (χ0) is 18.1. The lowest BCUT2D eigenvalue weighted by Crippen LogP contribution is -2.49. The number of aromatic nitrogens is 1. The zero-order valence-electron chi connectivity index (χ0n) is 14.6. The minimum Gasteiger partial charge on any atom is -0.354 e. The van der Waals surface area contributed by atoms with Crippen LogP contribution in [0.5, 0.6) is 0 Å². The molecule has 2 aromatic rings. The fourth-order valence-corrected chi connectivity index (χ4v) is 3.87. The molecule has 3 rings (SSSR count). The van der Waals surface area contributed by atoms with Gasteiger partial charge < -0.3 is 15.2 Å². The molecule has 1 aliphatic heterocycles. The van der Waals surface area contributed by atoms with E-state index in [4.69, 9.17) is 11.6 Å². The molecule has 1 aromatic carbocycles. The topological polar surface area (TPSA) is 65.2 Å². The Labute approximate surface area is 152 Å². The van der Waals surface area contributed by atoms with Crippen molar-refractivity contribution in [1.29, 1.82) is 0 Å². The first-order chi connectivity index (χ1) is 11.9. The van der Waals surface area contributed by atoms with E-state index in [1.54, 1.807) is 0 Å². The fraction of sp³-hybridized carbons (Fsp3) is 0.368. The molecule has 1 aromatic heterocycles. The van der Waals surface area contributed by atoms with Gasteiger partial charge in [0, 0.05) is 35.9 Å². The summed E-state index contributed by atoms with van der Waals surface area (Å²) < 4.78 is 0. The molecule has 1 saturated heterocycles. The van der Waals surface area contributed by atoms with E-state index in [9.17, 15) is 9.59 Å². The number of halogens is 1. The largest absolute Gasteiger partial charge is 0.354 e. The maximum absolute atomic E-state index is 13.2. The Kier molecular flexibility index (Phi) is 4.97. The molecule has 0 saturated carbocycles. The summed E-state index contributed by atoms with van der Waals surface area (Å²) >= 11 is 6.36. The molecule has 5 nitrogen and oxygen atoms in total. The lowest BCUT2D eigenvalue weighted by molar-refractivity contribution is 0.0628. The number of hydrogen-bond donors (Lipinski definition) is 2. The number of H-pyrrole nitrogens is 1. The van der Waals surface area contributed by atoms with Gasteiger partial charge in [0.05, 0.1) is 6.04 Å². The van der Waals surface area contributed by atoms with Gasteiger partial charge in [-0.1, -0.05) is 29.8 Å². The van der Waals surface area contributed by atoms with E-state index in [1.807, 2.05) is 43.0 Å². The number of piperazine rings is 1. The molecule has 2 heterocycles. The predicted molar refractivity (Wildman–Crippen MR) is 98.4 cm³/mol. The molecule has 1 fully saturated rings. The summed E-state index contributed by atoms with van der Waals surface area (Å²) in [6, 6.07) is 7.46. The molecule has 1 aliphatic rings. The maximum Gasteiger partial charge on any atom is 0.271 e. The van der Waals surface area contributed by atoms with Crippen LogP contribution in [-0.4, -0.2) is 41.2 Å². The molecule has 0 spiro atoms. The molecule has 6 heteroatoms. The summed E-state index contributed by atoms with van der Waals surface area (Å²) in [4.78, 5) is 30.0. The Bertz CT molecular complexity index is 828.